The van der Waals surface area contributed by atoms with Crippen molar-refractivity contribution in [3.63, 3.8) is 0 Å². The average molecular weight is 306 g/mol. The van der Waals surface area contributed by atoms with Gasteiger partial charge in [-0.15, -0.1) is 11.3 Å². The van der Waals surface area contributed by atoms with Crippen LogP contribution >= 0.6 is 11.3 Å². The molecule has 0 amide bonds. The van der Waals surface area contributed by atoms with Crippen LogP contribution in [-0.2, 0) is 12.0 Å². The van der Waals surface area contributed by atoms with Crippen LogP contribution in [0, 0.1) is 6.92 Å². The first-order valence-corrected chi connectivity index (χ1v) is 7.74. The number of hydrogen-bond acceptors (Lipinski definition) is 5. The van der Waals surface area contributed by atoms with Crippen molar-refractivity contribution in [3.05, 3.63) is 39.8 Å². The van der Waals surface area contributed by atoms with Gasteiger partial charge in [-0.05, 0) is 32.9 Å². The van der Waals surface area contributed by atoms with Gasteiger partial charge in [0.15, 0.2) is 0 Å². The second-order valence-corrected chi connectivity index (χ2v) is 6.60. The number of ether oxygens (including phenoxy) is 2. The van der Waals surface area contributed by atoms with Crippen LogP contribution in [-0.4, -0.2) is 18.7 Å². The summed E-state index contributed by atoms with van der Waals surface area (Å²) in [6.45, 7) is 6.60. The summed E-state index contributed by atoms with van der Waals surface area (Å²) < 4.78 is 10.9. The van der Waals surface area contributed by atoms with Crippen molar-refractivity contribution in [1.82, 2.24) is 4.98 Å². The minimum atomic E-state index is -0.340. The summed E-state index contributed by atoms with van der Waals surface area (Å²) in [4.78, 5) is 5.71. The lowest BCUT2D eigenvalue weighted by Gasteiger charge is -2.16. The maximum atomic E-state index is 6.15. The van der Waals surface area contributed by atoms with Gasteiger partial charge in [0.25, 0.3) is 0 Å². The highest BCUT2D eigenvalue weighted by Crippen LogP contribution is 2.28. The summed E-state index contributed by atoms with van der Waals surface area (Å²) in [5, 5.41) is 1.06. The van der Waals surface area contributed by atoms with E-state index in [2.05, 4.69) is 4.98 Å². The predicted molar refractivity (Wildman–Crippen MR) is 86.3 cm³/mol. The molecular weight excluding hydrogens is 284 g/mol. The molecule has 114 valence electrons. The third-order valence-electron chi connectivity index (χ3n) is 3.05. The summed E-state index contributed by atoms with van der Waals surface area (Å²) in [7, 11) is 1.65. The fourth-order valence-electron chi connectivity index (χ4n) is 2.10. The van der Waals surface area contributed by atoms with E-state index in [9.17, 15) is 0 Å². The Balaban J connectivity index is 1.94. The summed E-state index contributed by atoms with van der Waals surface area (Å²) in [6, 6.07) is 7.61. The highest BCUT2D eigenvalue weighted by Gasteiger charge is 2.21. The van der Waals surface area contributed by atoms with Crippen molar-refractivity contribution < 1.29 is 9.47 Å². The van der Waals surface area contributed by atoms with E-state index in [0.717, 1.165) is 33.5 Å². The molecule has 2 N–H and O–H groups in total. The van der Waals surface area contributed by atoms with Crippen molar-refractivity contribution in [1.29, 1.82) is 0 Å². The summed E-state index contributed by atoms with van der Waals surface area (Å²) in [5.41, 5.74) is 6.83. The third-order valence-corrected chi connectivity index (χ3v) is 4.61. The number of nitrogens with zero attached hydrogens (tertiary/aromatic N) is 1. The molecule has 0 saturated carbocycles. The Bertz CT molecular complexity index is 603. The zero-order chi connectivity index (χ0) is 15.5. The van der Waals surface area contributed by atoms with Crippen LogP contribution in [0.25, 0.3) is 0 Å². The van der Waals surface area contributed by atoms with Crippen molar-refractivity contribution in [2.24, 2.45) is 5.73 Å². The van der Waals surface area contributed by atoms with Crippen molar-refractivity contribution in [3.8, 4) is 11.5 Å². The predicted octanol–water partition coefficient (Wildman–Crippen LogP) is 3.28. The Kier molecular flexibility index (Phi) is 4.85. The Labute approximate surface area is 129 Å². The van der Waals surface area contributed by atoms with Crippen molar-refractivity contribution >= 4 is 11.3 Å². The van der Waals surface area contributed by atoms with Gasteiger partial charge in [0.2, 0.25) is 0 Å². The van der Waals surface area contributed by atoms with Crippen molar-refractivity contribution in [2.75, 3.05) is 13.7 Å². The normalized spacial score (nSPS) is 11.5. The Morgan fingerprint density at radius 1 is 1.29 bits per heavy atom. The van der Waals surface area contributed by atoms with E-state index in [1.54, 1.807) is 18.4 Å². The molecule has 0 aliphatic heterocycles. The lowest BCUT2D eigenvalue weighted by Crippen LogP contribution is -2.28. The van der Waals surface area contributed by atoms with Gasteiger partial charge in [-0.3, -0.25) is 0 Å². The molecule has 0 atom stereocenters. The lowest BCUT2D eigenvalue weighted by molar-refractivity contribution is 0.318. The Morgan fingerprint density at radius 2 is 2.00 bits per heavy atom. The number of rotatable bonds is 6. The van der Waals surface area contributed by atoms with Gasteiger partial charge in [0, 0.05) is 22.9 Å². The molecular formula is C16H22N2O2S. The number of benzene rings is 1. The monoisotopic (exact) mass is 306 g/mol. The zero-order valence-electron chi connectivity index (χ0n) is 13.0. The molecule has 1 aromatic heterocycles. The first-order chi connectivity index (χ1) is 9.90. The van der Waals surface area contributed by atoms with Gasteiger partial charge in [-0.25, -0.2) is 4.98 Å². The maximum absolute atomic E-state index is 6.15. The summed E-state index contributed by atoms with van der Waals surface area (Å²) >= 11 is 1.67. The zero-order valence-corrected chi connectivity index (χ0v) is 13.8. The van der Waals surface area contributed by atoms with Crippen molar-refractivity contribution in [2.45, 2.75) is 32.7 Å². The molecule has 2 rings (SSSR count). The first-order valence-electron chi connectivity index (χ1n) is 6.92. The fraction of sp³-hybridized carbons (Fsp3) is 0.438. The third kappa shape index (κ3) is 4.19. The molecule has 0 saturated heterocycles. The van der Waals surface area contributed by atoms with Gasteiger partial charge >= 0.3 is 0 Å². The topological polar surface area (TPSA) is 57.4 Å². The molecule has 4 nitrogen and oxygen atoms in total. The molecule has 0 spiro atoms. The van der Waals surface area contributed by atoms with Gasteiger partial charge in [0.1, 0.15) is 11.5 Å². The van der Waals surface area contributed by atoms with Crippen LogP contribution in [0.4, 0.5) is 0 Å². The van der Waals surface area contributed by atoms with Gasteiger partial charge in [-0.2, -0.15) is 0 Å². The number of aryl methyl sites for hydroxylation is 1. The van der Waals surface area contributed by atoms with E-state index < -0.39 is 0 Å². The van der Waals surface area contributed by atoms with Crippen LogP contribution in [0.15, 0.2) is 24.3 Å². The smallest absolute Gasteiger partial charge is 0.123 e. The number of hydrogen-bond donors (Lipinski definition) is 1. The molecule has 21 heavy (non-hydrogen) atoms. The van der Waals surface area contributed by atoms with Crippen LogP contribution in [0.5, 0.6) is 11.5 Å². The largest absolute Gasteiger partial charge is 0.497 e. The maximum Gasteiger partial charge on any atom is 0.123 e. The summed E-state index contributed by atoms with van der Waals surface area (Å²) in [6.07, 6.45) is 0.777. The molecule has 2 aromatic rings. The molecule has 0 fully saturated rings. The van der Waals surface area contributed by atoms with Gasteiger partial charge < -0.3 is 15.2 Å². The fourth-order valence-corrected chi connectivity index (χ4v) is 3.16. The van der Waals surface area contributed by atoms with E-state index in [1.807, 2.05) is 45.0 Å². The van der Waals surface area contributed by atoms with Gasteiger partial charge in [0.05, 0.1) is 24.4 Å². The SMILES string of the molecule is COc1cccc(OCCc2nc(C)c(C(C)(C)N)s2)c1. The van der Waals surface area contributed by atoms with E-state index in [0.29, 0.717) is 6.61 Å². The molecule has 0 radical (unpaired) electrons. The van der Waals surface area contributed by atoms with E-state index in [-0.39, 0.29) is 5.54 Å². The highest BCUT2D eigenvalue weighted by atomic mass is 32.1. The number of aromatic nitrogens is 1. The summed E-state index contributed by atoms with van der Waals surface area (Å²) in [5.74, 6) is 1.60. The quantitative estimate of drug-likeness (QED) is 0.890. The second kappa shape index (κ2) is 6.45. The molecule has 1 aromatic carbocycles. The molecule has 5 heteroatoms. The number of nitrogens with two attached hydrogens (primary N) is 1. The Hall–Kier alpha value is -1.59. The molecule has 0 unspecified atom stereocenters. The van der Waals surface area contributed by atoms with Crippen LogP contribution < -0.4 is 15.2 Å². The number of methoxy groups -OCH3 is 1. The molecule has 1 heterocycles. The van der Waals surface area contributed by atoms with Crippen LogP contribution in [0.3, 0.4) is 0 Å². The first kappa shape index (κ1) is 15.8. The van der Waals surface area contributed by atoms with Crippen LogP contribution in [0.2, 0.25) is 0 Å². The standard InChI is InChI=1S/C16H22N2O2S/c1-11-15(16(2,3)17)21-14(18-11)8-9-20-13-7-5-6-12(10-13)19-4/h5-7,10H,8-9,17H2,1-4H3. The highest BCUT2D eigenvalue weighted by molar-refractivity contribution is 7.11. The molecule has 0 aliphatic rings. The minimum Gasteiger partial charge on any atom is -0.497 e. The van der Waals surface area contributed by atoms with E-state index in [4.69, 9.17) is 15.2 Å². The van der Waals surface area contributed by atoms with E-state index in [1.165, 1.54) is 0 Å². The lowest BCUT2D eigenvalue weighted by atomic mass is 10.0. The minimum absolute atomic E-state index is 0.340. The van der Waals surface area contributed by atoms with E-state index >= 15 is 0 Å². The molecule has 0 bridgehead atoms. The number of thiazole rings is 1. The second-order valence-electron chi connectivity index (χ2n) is 5.52. The molecule has 0 aliphatic carbocycles. The van der Waals surface area contributed by atoms with Gasteiger partial charge in [-0.1, -0.05) is 6.07 Å². The Morgan fingerprint density at radius 3 is 2.62 bits per heavy atom. The average Bonchev–Trinajstić information content (AvgIpc) is 2.80. The van der Waals surface area contributed by atoms with Crippen LogP contribution in [0.1, 0.15) is 29.4 Å².